The molecule has 2 amide bonds. The fourth-order valence-electron chi connectivity index (χ4n) is 4.53. The Kier molecular flexibility index (Phi) is 8.28. The van der Waals surface area contributed by atoms with Gasteiger partial charge in [0.1, 0.15) is 11.5 Å². The van der Waals surface area contributed by atoms with Crippen molar-refractivity contribution < 1.29 is 28.2 Å². The summed E-state index contributed by atoms with van der Waals surface area (Å²) in [6.07, 6.45) is 1.69. The number of carbonyl (C=O) groups is 2. The van der Waals surface area contributed by atoms with E-state index in [-0.39, 0.29) is 17.2 Å². The molecule has 4 rings (SSSR count). The van der Waals surface area contributed by atoms with Crippen LogP contribution < -0.4 is 19.5 Å². The molecule has 37 heavy (non-hydrogen) atoms. The predicted molar refractivity (Wildman–Crippen MR) is 139 cm³/mol. The molecule has 1 saturated heterocycles. The van der Waals surface area contributed by atoms with Gasteiger partial charge < -0.3 is 24.4 Å². The van der Waals surface area contributed by atoms with E-state index in [0.29, 0.717) is 48.4 Å². The summed E-state index contributed by atoms with van der Waals surface area (Å²) in [5.41, 5.74) is 2.16. The van der Waals surface area contributed by atoms with Gasteiger partial charge in [-0.1, -0.05) is 18.2 Å². The SMILES string of the molecule is CCOc1cccc(C(=O)N2CCC(c3ccc(NC(=O)c4cc(OC)cc(OC)c4F)cc3)CC2)c1. The lowest BCUT2D eigenvalue weighted by atomic mass is 9.89. The average Bonchev–Trinajstić information content (AvgIpc) is 2.93. The topological polar surface area (TPSA) is 77.1 Å². The molecule has 194 valence electrons. The quantitative estimate of drug-likeness (QED) is 0.436. The van der Waals surface area contributed by atoms with Crippen molar-refractivity contribution in [3.8, 4) is 17.2 Å². The molecule has 0 unspecified atom stereocenters. The van der Waals surface area contributed by atoms with E-state index in [1.807, 2.05) is 42.2 Å². The molecule has 0 radical (unpaired) electrons. The zero-order chi connectivity index (χ0) is 26.4. The summed E-state index contributed by atoms with van der Waals surface area (Å²) in [4.78, 5) is 27.6. The van der Waals surface area contributed by atoms with Crippen LogP contribution in [0, 0.1) is 5.82 Å². The van der Waals surface area contributed by atoms with Crippen LogP contribution in [0.15, 0.2) is 60.7 Å². The molecule has 8 heteroatoms. The van der Waals surface area contributed by atoms with Crippen molar-refractivity contribution in [3.05, 3.63) is 83.2 Å². The van der Waals surface area contributed by atoms with E-state index in [4.69, 9.17) is 14.2 Å². The molecule has 7 nitrogen and oxygen atoms in total. The summed E-state index contributed by atoms with van der Waals surface area (Å²) >= 11 is 0. The standard InChI is InChI=1S/C29H31FN2O5/c1-4-37-23-7-5-6-21(16-23)29(34)32-14-12-20(13-15-32)19-8-10-22(11-9-19)31-28(33)25-17-24(35-2)18-26(36-3)27(25)30/h5-11,16-18,20H,4,12-15H2,1-3H3,(H,31,33). The van der Waals surface area contributed by atoms with Crippen LogP contribution in [0.2, 0.25) is 0 Å². The first-order valence-corrected chi connectivity index (χ1v) is 12.3. The van der Waals surface area contributed by atoms with Crippen LogP contribution in [-0.2, 0) is 0 Å². The molecule has 1 N–H and O–H groups in total. The number of anilines is 1. The first-order valence-electron chi connectivity index (χ1n) is 12.3. The third kappa shape index (κ3) is 6.02. The molecule has 0 atom stereocenters. The summed E-state index contributed by atoms with van der Waals surface area (Å²) in [5, 5.41) is 2.73. The summed E-state index contributed by atoms with van der Waals surface area (Å²) < 4.78 is 30.3. The second kappa shape index (κ2) is 11.8. The minimum atomic E-state index is -0.747. The van der Waals surface area contributed by atoms with Crippen molar-refractivity contribution in [1.82, 2.24) is 4.90 Å². The van der Waals surface area contributed by atoms with E-state index in [1.54, 1.807) is 18.2 Å². The van der Waals surface area contributed by atoms with Crippen molar-refractivity contribution in [2.45, 2.75) is 25.7 Å². The Morgan fingerprint density at radius 2 is 1.70 bits per heavy atom. The van der Waals surface area contributed by atoms with Crippen LogP contribution in [0.25, 0.3) is 0 Å². The summed E-state index contributed by atoms with van der Waals surface area (Å²) in [6.45, 7) is 3.80. The molecule has 1 fully saturated rings. The lowest BCUT2D eigenvalue weighted by Crippen LogP contribution is -2.37. The second-order valence-corrected chi connectivity index (χ2v) is 8.79. The first-order chi connectivity index (χ1) is 17.9. The van der Waals surface area contributed by atoms with Gasteiger partial charge in [0.2, 0.25) is 0 Å². The molecule has 0 aliphatic carbocycles. The summed E-state index contributed by atoms with van der Waals surface area (Å²) in [5.74, 6) is -0.0601. The van der Waals surface area contributed by atoms with Crippen molar-refractivity contribution in [1.29, 1.82) is 0 Å². The number of rotatable bonds is 8. The highest BCUT2D eigenvalue weighted by Gasteiger charge is 2.25. The van der Waals surface area contributed by atoms with Gasteiger partial charge in [0.15, 0.2) is 11.6 Å². The van der Waals surface area contributed by atoms with Gasteiger partial charge in [0.25, 0.3) is 11.8 Å². The van der Waals surface area contributed by atoms with Gasteiger partial charge in [-0.25, -0.2) is 4.39 Å². The monoisotopic (exact) mass is 506 g/mol. The Morgan fingerprint density at radius 3 is 2.35 bits per heavy atom. The van der Waals surface area contributed by atoms with Gasteiger partial charge in [-0.05, 0) is 67.6 Å². The third-order valence-electron chi connectivity index (χ3n) is 6.53. The highest BCUT2D eigenvalue weighted by atomic mass is 19.1. The number of methoxy groups -OCH3 is 2. The first kappa shape index (κ1) is 26.0. The molecule has 0 aromatic heterocycles. The third-order valence-corrected chi connectivity index (χ3v) is 6.53. The van der Waals surface area contributed by atoms with Crippen molar-refractivity contribution >= 4 is 17.5 Å². The molecule has 3 aromatic rings. The number of likely N-dealkylation sites (tertiary alicyclic amines) is 1. The van der Waals surface area contributed by atoms with E-state index in [2.05, 4.69) is 5.32 Å². The normalized spacial score (nSPS) is 13.7. The predicted octanol–water partition coefficient (Wildman–Crippen LogP) is 5.51. The molecular weight excluding hydrogens is 475 g/mol. The highest BCUT2D eigenvalue weighted by Crippen LogP contribution is 2.31. The van der Waals surface area contributed by atoms with Crippen LogP contribution in [0.4, 0.5) is 10.1 Å². The zero-order valence-corrected chi connectivity index (χ0v) is 21.3. The smallest absolute Gasteiger partial charge is 0.258 e. The number of hydrogen-bond donors (Lipinski definition) is 1. The number of benzene rings is 3. The minimum Gasteiger partial charge on any atom is -0.497 e. The van der Waals surface area contributed by atoms with Gasteiger partial charge in [-0.3, -0.25) is 9.59 Å². The van der Waals surface area contributed by atoms with Crippen molar-refractivity contribution in [2.75, 3.05) is 39.2 Å². The van der Waals surface area contributed by atoms with Gasteiger partial charge in [-0.2, -0.15) is 0 Å². The van der Waals surface area contributed by atoms with Crippen LogP contribution in [-0.4, -0.2) is 50.6 Å². The van der Waals surface area contributed by atoms with E-state index in [1.165, 1.54) is 26.4 Å². The molecule has 3 aromatic carbocycles. The Bertz CT molecular complexity index is 1250. The maximum Gasteiger partial charge on any atom is 0.258 e. The molecule has 0 spiro atoms. The lowest BCUT2D eigenvalue weighted by molar-refractivity contribution is 0.0712. The van der Waals surface area contributed by atoms with Crippen LogP contribution in [0.5, 0.6) is 17.2 Å². The fourth-order valence-corrected chi connectivity index (χ4v) is 4.53. The molecule has 1 aliphatic rings. The summed E-state index contributed by atoms with van der Waals surface area (Å²) in [6, 6.07) is 17.6. The Labute approximate surface area is 216 Å². The number of nitrogens with one attached hydrogen (secondary N) is 1. The van der Waals surface area contributed by atoms with Gasteiger partial charge in [-0.15, -0.1) is 0 Å². The number of carbonyl (C=O) groups excluding carboxylic acids is 2. The van der Waals surface area contributed by atoms with Gasteiger partial charge in [0, 0.05) is 30.4 Å². The maximum absolute atomic E-state index is 14.6. The second-order valence-electron chi connectivity index (χ2n) is 8.79. The average molecular weight is 507 g/mol. The fraction of sp³-hybridized carbons (Fsp3) is 0.310. The Morgan fingerprint density at radius 1 is 0.973 bits per heavy atom. The Hall–Kier alpha value is -4.07. The van der Waals surface area contributed by atoms with Crippen molar-refractivity contribution in [2.24, 2.45) is 0 Å². The van der Waals surface area contributed by atoms with Gasteiger partial charge in [0.05, 0.1) is 26.4 Å². The molecule has 0 bridgehead atoms. The Balaban J connectivity index is 1.36. The van der Waals surface area contributed by atoms with E-state index in [0.717, 1.165) is 18.4 Å². The number of hydrogen-bond acceptors (Lipinski definition) is 5. The molecule has 1 heterocycles. The maximum atomic E-state index is 14.6. The largest absolute Gasteiger partial charge is 0.497 e. The number of amides is 2. The van der Waals surface area contributed by atoms with Crippen LogP contribution in [0.1, 0.15) is 52.0 Å². The van der Waals surface area contributed by atoms with E-state index >= 15 is 0 Å². The van der Waals surface area contributed by atoms with E-state index in [9.17, 15) is 14.0 Å². The number of halogens is 1. The number of piperidine rings is 1. The lowest BCUT2D eigenvalue weighted by Gasteiger charge is -2.32. The summed E-state index contributed by atoms with van der Waals surface area (Å²) in [7, 11) is 2.77. The highest BCUT2D eigenvalue weighted by molar-refractivity contribution is 6.05. The minimum absolute atomic E-state index is 0.0134. The van der Waals surface area contributed by atoms with Crippen molar-refractivity contribution in [3.63, 3.8) is 0 Å². The molecule has 0 saturated carbocycles. The van der Waals surface area contributed by atoms with Crippen LogP contribution >= 0.6 is 0 Å². The van der Waals surface area contributed by atoms with E-state index < -0.39 is 11.7 Å². The van der Waals surface area contributed by atoms with Crippen LogP contribution in [0.3, 0.4) is 0 Å². The molecular formula is C29H31FN2O5. The van der Waals surface area contributed by atoms with Gasteiger partial charge >= 0.3 is 0 Å². The zero-order valence-electron chi connectivity index (χ0n) is 21.3. The number of nitrogens with zero attached hydrogens (tertiary/aromatic N) is 1. The molecule has 1 aliphatic heterocycles. The number of ether oxygens (including phenoxy) is 3.